The molecule has 0 bridgehead atoms. The molecular weight excluding hydrogens is 236 g/mol. The zero-order valence-corrected chi connectivity index (χ0v) is 11.4. The van der Waals surface area contributed by atoms with Gasteiger partial charge in [-0.3, -0.25) is 0 Å². The molecule has 0 heterocycles. The number of benzene rings is 2. The number of aryl methyl sites for hydroxylation is 2. The maximum Gasteiger partial charge on any atom is 0.116 e. The molecule has 0 spiro atoms. The smallest absolute Gasteiger partial charge is 0.116 e. The molecule has 2 rings (SSSR count). The molecular formula is C17H20O2. The molecule has 0 saturated heterocycles. The minimum Gasteiger partial charge on any atom is -0.508 e. The van der Waals surface area contributed by atoms with E-state index < -0.39 is 0 Å². The van der Waals surface area contributed by atoms with E-state index in [0.717, 1.165) is 17.5 Å². The molecule has 0 atom stereocenters. The Balaban J connectivity index is 0.000000191. The average Bonchev–Trinajstić information content (AvgIpc) is 2.31. The molecule has 0 fully saturated rings. The van der Waals surface area contributed by atoms with Gasteiger partial charge in [-0.2, -0.15) is 0 Å². The van der Waals surface area contributed by atoms with E-state index in [0.29, 0.717) is 11.5 Å². The van der Waals surface area contributed by atoms with Gasteiger partial charge in [0, 0.05) is 0 Å². The third-order valence-electron chi connectivity index (χ3n) is 2.52. The van der Waals surface area contributed by atoms with Crippen molar-refractivity contribution in [2.24, 2.45) is 0 Å². The molecule has 0 unspecified atom stereocenters. The summed E-state index contributed by atoms with van der Waals surface area (Å²) in [7, 11) is 0. The van der Waals surface area contributed by atoms with Crippen LogP contribution in [0.4, 0.5) is 0 Å². The van der Waals surface area contributed by atoms with Gasteiger partial charge in [-0.25, -0.2) is 0 Å². The number of phenolic OH excluding ortho intramolecular Hbond substituents is 2. The van der Waals surface area contributed by atoms with E-state index in [1.54, 1.807) is 24.3 Å². The normalized spacial score (nSPS) is 9.37. The molecule has 0 radical (unpaired) electrons. The zero-order valence-electron chi connectivity index (χ0n) is 11.4. The fourth-order valence-electron chi connectivity index (χ4n) is 1.75. The van der Waals surface area contributed by atoms with Crippen molar-refractivity contribution >= 4 is 0 Å². The molecule has 0 saturated carbocycles. The highest BCUT2D eigenvalue weighted by Gasteiger charge is 1.89. The molecule has 2 heteroatoms. The summed E-state index contributed by atoms with van der Waals surface area (Å²) in [5.41, 5.74) is 3.38. The Hall–Kier alpha value is -2.22. The first kappa shape index (κ1) is 14.8. The van der Waals surface area contributed by atoms with Crippen LogP contribution in [0.1, 0.15) is 16.7 Å². The van der Waals surface area contributed by atoms with Gasteiger partial charge in [0.25, 0.3) is 0 Å². The summed E-state index contributed by atoms with van der Waals surface area (Å²) < 4.78 is 0. The first-order chi connectivity index (χ1) is 9.01. The van der Waals surface area contributed by atoms with Crippen LogP contribution >= 0.6 is 0 Å². The van der Waals surface area contributed by atoms with Crippen LogP contribution in [-0.4, -0.2) is 10.2 Å². The quantitative estimate of drug-likeness (QED) is 0.793. The first-order valence-electron chi connectivity index (χ1n) is 6.17. The van der Waals surface area contributed by atoms with E-state index in [1.165, 1.54) is 5.56 Å². The highest BCUT2D eigenvalue weighted by molar-refractivity contribution is 5.31. The lowest BCUT2D eigenvalue weighted by atomic mass is 10.1. The van der Waals surface area contributed by atoms with Crippen molar-refractivity contribution < 1.29 is 10.2 Å². The fourth-order valence-corrected chi connectivity index (χ4v) is 1.75. The van der Waals surface area contributed by atoms with Gasteiger partial charge in [0.2, 0.25) is 0 Å². The van der Waals surface area contributed by atoms with Gasteiger partial charge >= 0.3 is 0 Å². The third-order valence-corrected chi connectivity index (χ3v) is 2.52. The van der Waals surface area contributed by atoms with Crippen LogP contribution < -0.4 is 0 Å². The summed E-state index contributed by atoms with van der Waals surface area (Å²) in [5, 5.41) is 17.9. The van der Waals surface area contributed by atoms with Crippen LogP contribution in [-0.2, 0) is 6.42 Å². The van der Waals surface area contributed by atoms with Crippen molar-refractivity contribution in [1.29, 1.82) is 0 Å². The van der Waals surface area contributed by atoms with Crippen molar-refractivity contribution in [3.05, 3.63) is 71.8 Å². The summed E-state index contributed by atoms with van der Waals surface area (Å²) >= 11 is 0. The fraction of sp³-hybridized carbons (Fsp3) is 0.176. The van der Waals surface area contributed by atoms with Gasteiger partial charge in [-0.15, -0.1) is 6.58 Å². The second-order valence-corrected chi connectivity index (χ2v) is 4.51. The topological polar surface area (TPSA) is 40.5 Å². The molecule has 2 N–H and O–H groups in total. The molecule has 2 aromatic rings. The molecule has 19 heavy (non-hydrogen) atoms. The van der Waals surface area contributed by atoms with Crippen molar-refractivity contribution in [3.8, 4) is 11.5 Å². The predicted molar refractivity (Wildman–Crippen MR) is 79.6 cm³/mol. The Labute approximate surface area is 114 Å². The third kappa shape index (κ3) is 5.77. The minimum absolute atomic E-state index is 0.313. The van der Waals surface area contributed by atoms with Crippen LogP contribution in [0.2, 0.25) is 0 Å². The van der Waals surface area contributed by atoms with E-state index in [9.17, 15) is 0 Å². The Bertz CT molecular complexity index is 477. The Morgan fingerprint density at radius 3 is 1.84 bits per heavy atom. The van der Waals surface area contributed by atoms with Crippen LogP contribution in [0.25, 0.3) is 0 Å². The molecule has 2 aromatic carbocycles. The van der Waals surface area contributed by atoms with Gasteiger partial charge in [-0.05, 0) is 61.2 Å². The summed E-state index contributed by atoms with van der Waals surface area (Å²) in [6.07, 6.45) is 2.70. The van der Waals surface area contributed by atoms with Crippen molar-refractivity contribution in [3.63, 3.8) is 0 Å². The zero-order chi connectivity index (χ0) is 14.3. The van der Waals surface area contributed by atoms with Gasteiger partial charge in [-0.1, -0.05) is 24.3 Å². The maximum atomic E-state index is 8.99. The minimum atomic E-state index is 0.313. The van der Waals surface area contributed by atoms with Crippen molar-refractivity contribution in [2.45, 2.75) is 20.3 Å². The standard InChI is InChI=1S/C9H10O.C8H10O/c1-2-3-8-4-6-9(10)7-5-8;1-6-3-7(2)5-8(9)4-6/h2,4-7,10H,1,3H2;3-5,9H,1-2H3. The van der Waals surface area contributed by atoms with E-state index in [1.807, 2.05) is 38.1 Å². The lowest BCUT2D eigenvalue weighted by molar-refractivity contribution is 0.474. The van der Waals surface area contributed by atoms with Gasteiger partial charge in [0.15, 0.2) is 0 Å². The number of allylic oxidation sites excluding steroid dienone is 1. The maximum absolute atomic E-state index is 8.99. The van der Waals surface area contributed by atoms with Crippen LogP contribution in [0, 0.1) is 13.8 Å². The Morgan fingerprint density at radius 2 is 1.42 bits per heavy atom. The van der Waals surface area contributed by atoms with E-state index in [-0.39, 0.29) is 0 Å². The highest BCUT2D eigenvalue weighted by atomic mass is 16.3. The molecule has 0 aliphatic rings. The Kier molecular flexibility index (Phi) is 5.68. The number of hydrogen-bond acceptors (Lipinski definition) is 2. The van der Waals surface area contributed by atoms with Crippen molar-refractivity contribution in [1.82, 2.24) is 0 Å². The lowest BCUT2D eigenvalue weighted by Gasteiger charge is -1.95. The van der Waals surface area contributed by atoms with E-state index in [4.69, 9.17) is 10.2 Å². The first-order valence-corrected chi connectivity index (χ1v) is 6.17. The summed E-state index contributed by atoms with van der Waals surface area (Å²) in [6, 6.07) is 12.6. The summed E-state index contributed by atoms with van der Waals surface area (Å²) in [4.78, 5) is 0. The highest BCUT2D eigenvalue weighted by Crippen LogP contribution is 2.13. The molecule has 0 aliphatic carbocycles. The van der Waals surface area contributed by atoms with Gasteiger partial charge in [0.1, 0.15) is 11.5 Å². The lowest BCUT2D eigenvalue weighted by Crippen LogP contribution is -1.77. The summed E-state index contributed by atoms with van der Waals surface area (Å²) in [5.74, 6) is 0.667. The second kappa shape index (κ2) is 7.27. The van der Waals surface area contributed by atoms with Crippen LogP contribution in [0.3, 0.4) is 0 Å². The molecule has 100 valence electrons. The van der Waals surface area contributed by atoms with Crippen LogP contribution in [0.15, 0.2) is 55.1 Å². The number of rotatable bonds is 2. The average molecular weight is 256 g/mol. The SMILES string of the molecule is C=CCc1ccc(O)cc1.Cc1cc(C)cc(O)c1. The van der Waals surface area contributed by atoms with Gasteiger partial charge < -0.3 is 10.2 Å². The number of hydrogen-bond donors (Lipinski definition) is 2. The van der Waals surface area contributed by atoms with Gasteiger partial charge in [0.05, 0.1) is 0 Å². The van der Waals surface area contributed by atoms with Crippen molar-refractivity contribution in [2.75, 3.05) is 0 Å². The number of aromatic hydroxyl groups is 2. The molecule has 0 aliphatic heterocycles. The second-order valence-electron chi connectivity index (χ2n) is 4.51. The summed E-state index contributed by atoms with van der Waals surface area (Å²) in [6.45, 7) is 7.55. The number of phenols is 2. The molecule has 0 aromatic heterocycles. The largest absolute Gasteiger partial charge is 0.508 e. The molecule has 0 amide bonds. The molecule has 2 nitrogen and oxygen atoms in total. The van der Waals surface area contributed by atoms with E-state index in [2.05, 4.69) is 6.58 Å². The van der Waals surface area contributed by atoms with Crippen LogP contribution in [0.5, 0.6) is 11.5 Å². The predicted octanol–water partition coefficient (Wildman–Crippen LogP) is 4.13. The Morgan fingerprint density at radius 1 is 0.895 bits per heavy atom. The monoisotopic (exact) mass is 256 g/mol. The van der Waals surface area contributed by atoms with E-state index >= 15 is 0 Å².